The molecular formula is C13H15N3OS. The Labute approximate surface area is 110 Å². The van der Waals surface area contributed by atoms with Crippen LogP contribution >= 0.6 is 11.3 Å². The summed E-state index contributed by atoms with van der Waals surface area (Å²) in [5, 5.41) is 9.35. The third kappa shape index (κ3) is 2.46. The lowest BCUT2D eigenvalue weighted by atomic mass is 10.0. The molecule has 0 saturated carbocycles. The van der Waals surface area contributed by atoms with Gasteiger partial charge in [0, 0.05) is 35.8 Å². The molecule has 2 aromatic rings. The molecule has 94 valence electrons. The quantitative estimate of drug-likeness (QED) is 0.912. The number of carbonyl (C=O) groups is 1. The van der Waals surface area contributed by atoms with Crippen molar-refractivity contribution in [1.82, 2.24) is 15.1 Å². The van der Waals surface area contributed by atoms with Gasteiger partial charge in [-0.15, -0.1) is 11.3 Å². The predicted molar refractivity (Wildman–Crippen MR) is 70.5 cm³/mol. The lowest BCUT2D eigenvalue weighted by molar-refractivity contribution is -0.121. The number of carbonyl (C=O) groups excluding carboxylic acids is 1. The molecule has 0 fully saturated rings. The monoisotopic (exact) mass is 261 g/mol. The molecule has 0 saturated heterocycles. The number of amides is 1. The Morgan fingerprint density at radius 2 is 2.50 bits per heavy atom. The van der Waals surface area contributed by atoms with Crippen molar-refractivity contribution in [2.24, 2.45) is 0 Å². The number of aromatic nitrogens is 2. The first-order chi connectivity index (χ1) is 8.81. The molecule has 0 radical (unpaired) electrons. The number of hydrogen-bond donors (Lipinski definition) is 1. The molecular weight excluding hydrogens is 246 g/mol. The van der Waals surface area contributed by atoms with Gasteiger partial charge in [-0.2, -0.15) is 5.10 Å². The van der Waals surface area contributed by atoms with E-state index in [-0.39, 0.29) is 11.9 Å². The minimum atomic E-state index is 0.121. The average molecular weight is 261 g/mol. The summed E-state index contributed by atoms with van der Waals surface area (Å²) in [6.45, 7) is 0.895. The lowest BCUT2D eigenvalue weighted by Gasteiger charge is -2.24. The maximum atomic E-state index is 11.9. The molecule has 1 N–H and O–H groups in total. The summed E-state index contributed by atoms with van der Waals surface area (Å²) < 4.78 is 2.02. The van der Waals surface area contributed by atoms with Crippen LogP contribution in [-0.4, -0.2) is 21.7 Å². The molecule has 0 aromatic carbocycles. The summed E-state index contributed by atoms with van der Waals surface area (Å²) in [6, 6.07) is 6.26. The summed E-state index contributed by atoms with van der Waals surface area (Å²) in [5.74, 6) is 0.121. The van der Waals surface area contributed by atoms with Gasteiger partial charge >= 0.3 is 0 Å². The SMILES string of the molecule is O=C(Cc1cccs1)N[C@H]1CCn2nccc2C1. The van der Waals surface area contributed by atoms with Gasteiger partial charge in [0.05, 0.1) is 6.42 Å². The molecule has 0 spiro atoms. The molecule has 1 amide bonds. The van der Waals surface area contributed by atoms with Gasteiger partial charge in [0.2, 0.25) is 5.91 Å². The van der Waals surface area contributed by atoms with Crippen molar-refractivity contribution < 1.29 is 4.79 Å². The van der Waals surface area contributed by atoms with Crippen LogP contribution in [0.5, 0.6) is 0 Å². The van der Waals surface area contributed by atoms with Gasteiger partial charge in [0.25, 0.3) is 0 Å². The highest BCUT2D eigenvalue weighted by molar-refractivity contribution is 7.10. The second-order valence-corrected chi connectivity index (χ2v) is 5.59. The molecule has 0 aliphatic carbocycles. The Morgan fingerprint density at radius 3 is 3.33 bits per heavy atom. The number of nitrogens with zero attached hydrogens (tertiary/aromatic N) is 2. The van der Waals surface area contributed by atoms with E-state index < -0.39 is 0 Å². The summed E-state index contributed by atoms with van der Waals surface area (Å²) in [7, 11) is 0. The van der Waals surface area contributed by atoms with E-state index in [4.69, 9.17) is 0 Å². The third-order valence-corrected chi connectivity index (χ3v) is 4.11. The fourth-order valence-corrected chi connectivity index (χ4v) is 3.04. The molecule has 1 aliphatic rings. The van der Waals surface area contributed by atoms with E-state index in [1.54, 1.807) is 11.3 Å². The number of thiophene rings is 1. The Morgan fingerprint density at radius 1 is 1.56 bits per heavy atom. The maximum Gasteiger partial charge on any atom is 0.225 e. The Kier molecular flexibility index (Phi) is 3.15. The second kappa shape index (κ2) is 4.94. The van der Waals surface area contributed by atoms with Crippen LogP contribution in [0.2, 0.25) is 0 Å². The van der Waals surface area contributed by atoms with Gasteiger partial charge in [-0.1, -0.05) is 6.07 Å². The molecule has 3 heterocycles. The number of rotatable bonds is 3. The first kappa shape index (κ1) is 11.5. The molecule has 1 atom stereocenters. The van der Waals surface area contributed by atoms with Crippen molar-refractivity contribution in [1.29, 1.82) is 0 Å². The maximum absolute atomic E-state index is 11.9. The van der Waals surface area contributed by atoms with Gasteiger partial charge in [-0.3, -0.25) is 9.48 Å². The van der Waals surface area contributed by atoms with Crippen molar-refractivity contribution in [2.45, 2.75) is 31.8 Å². The first-order valence-corrected chi connectivity index (χ1v) is 7.01. The molecule has 18 heavy (non-hydrogen) atoms. The highest BCUT2D eigenvalue weighted by Crippen LogP contribution is 2.14. The number of nitrogens with one attached hydrogen (secondary N) is 1. The average Bonchev–Trinajstić information content (AvgIpc) is 2.98. The van der Waals surface area contributed by atoms with E-state index in [9.17, 15) is 4.79 Å². The van der Waals surface area contributed by atoms with Crippen LogP contribution < -0.4 is 5.32 Å². The fourth-order valence-electron chi connectivity index (χ4n) is 2.34. The third-order valence-electron chi connectivity index (χ3n) is 3.23. The van der Waals surface area contributed by atoms with E-state index in [2.05, 4.69) is 10.4 Å². The molecule has 0 bridgehead atoms. The van der Waals surface area contributed by atoms with Crippen molar-refractivity contribution in [3.63, 3.8) is 0 Å². The van der Waals surface area contributed by atoms with Gasteiger partial charge in [-0.25, -0.2) is 0 Å². The summed E-state index contributed by atoms with van der Waals surface area (Å²) in [6.07, 6.45) is 4.17. The van der Waals surface area contributed by atoms with Crippen LogP contribution in [0.4, 0.5) is 0 Å². The Balaban J connectivity index is 1.56. The van der Waals surface area contributed by atoms with Gasteiger partial charge < -0.3 is 5.32 Å². The Hall–Kier alpha value is -1.62. The predicted octanol–water partition coefficient (Wildman–Crippen LogP) is 1.62. The second-order valence-electron chi connectivity index (χ2n) is 4.56. The zero-order valence-corrected chi connectivity index (χ0v) is 10.8. The topological polar surface area (TPSA) is 46.9 Å². The van der Waals surface area contributed by atoms with Crippen LogP contribution in [-0.2, 0) is 24.2 Å². The lowest BCUT2D eigenvalue weighted by Crippen LogP contribution is -2.40. The molecule has 2 aromatic heterocycles. The van der Waals surface area contributed by atoms with E-state index >= 15 is 0 Å². The van der Waals surface area contributed by atoms with Crippen LogP contribution in [0.15, 0.2) is 29.8 Å². The largest absolute Gasteiger partial charge is 0.353 e. The van der Waals surface area contributed by atoms with Gasteiger partial charge in [0.1, 0.15) is 0 Å². The van der Waals surface area contributed by atoms with Gasteiger partial charge in [-0.05, 0) is 23.9 Å². The fraction of sp³-hybridized carbons (Fsp3) is 0.385. The zero-order valence-electron chi connectivity index (χ0n) is 10.0. The van der Waals surface area contributed by atoms with Crippen molar-refractivity contribution in [3.05, 3.63) is 40.3 Å². The summed E-state index contributed by atoms with van der Waals surface area (Å²) >= 11 is 1.63. The van der Waals surface area contributed by atoms with Crippen molar-refractivity contribution >= 4 is 17.2 Å². The minimum Gasteiger partial charge on any atom is -0.353 e. The minimum absolute atomic E-state index is 0.121. The molecule has 1 aliphatic heterocycles. The standard InChI is InChI=1S/C13H15N3OS/c17-13(9-12-2-1-7-18-12)15-10-4-6-16-11(8-10)3-5-14-16/h1-3,5,7,10H,4,6,8-9H2,(H,15,17)/t10-/m0/s1. The van der Waals surface area contributed by atoms with Crippen molar-refractivity contribution in [3.8, 4) is 0 Å². The first-order valence-electron chi connectivity index (χ1n) is 6.14. The number of aryl methyl sites for hydroxylation is 1. The molecule has 5 heteroatoms. The van der Waals surface area contributed by atoms with Crippen LogP contribution in [0.25, 0.3) is 0 Å². The smallest absolute Gasteiger partial charge is 0.225 e. The van der Waals surface area contributed by atoms with E-state index in [0.717, 1.165) is 24.3 Å². The Bertz CT molecular complexity index is 532. The van der Waals surface area contributed by atoms with Crippen LogP contribution in [0, 0.1) is 0 Å². The summed E-state index contributed by atoms with van der Waals surface area (Å²) in [4.78, 5) is 13.0. The van der Waals surface area contributed by atoms with E-state index in [0.29, 0.717) is 6.42 Å². The summed E-state index contributed by atoms with van der Waals surface area (Å²) in [5.41, 5.74) is 1.21. The molecule has 4 nitrogen and oxygen atoms in total. The highest BCUT2D eigenvalue weighted by Gasteiger charge is 2.20. The van der Waals surface area contributed by atoms with Gasteiger partial charge in [0.15, 0.2) is 0 Å². The number of fused-ring (bicyclic) bond motifs is 1. The molecule has 0 unspecified atom stereocenters. The van der Waals surface area contributed by atoms with Crippen LogP contribution in [0.3, 0.4) is 0 Å². The van der Waals surface area contributed by atoms with E-state index in [1.165, 1.54) is 5.69 Å². The van der Waals surface area contributed by atoms with E-state index in [1.807, 2.05) is 34.5 Å². The highest BCUT2D eigenvalue weighted by atomic mass is 32.1. The normalized spacial score (nSPS) is 18.3. The zero-order chi connectivity index (χ0) is 12.4. The van der Waals surface area contributed by atoms with Crippen molar-refractivity contribution in [2.75, 3.05) is 0 Å². The molecule has 3 rings (SSSR count). The van der Waals surface area contributed by atoms with Crippen LogP contribution in [0.1, 0.15) is 17.0 Å². The number of hydrogen-bond acceptors (Lipinski definition) is 3.